The summed E-state index contributed by atoms with van der Waals surface area (Å²) < 4.78 is 0. The van der Waals surface area contributed by atoms with Crippen LogP contribution in [0.2, 0.25) is 15.1 Å². The van der Waals surface area contributed by atoms with Gasteiger partial charge in [0, 0.05) is 10.8 Å². The van der Waals surface area contributed by atoms with Crippen LogP contribution in [0.4, 0.5) is 5.69 Å². The van der Waals surface area contributed by atoms with Gasteiger partial charge in [-0.25, -0.2) is 9.97 Å². The first-order valence-electron chi connectivity index (χ1n) is 7.89. The van der Waals surface area contributed by atoms with E-state index in [0.29, 0.717) is 26.6 Å². The number of hydrogen-bond donors (Lipinski definition) is 1. The van der Waals surface area contributed by atoms with Crippen molar-refractivity contribution in [1.82, 2.24) is 9.97 Å². The Morgan fingerprint density at radius 1 is 1.11 bits per heavy atom. The summed E-state index contributed by atoms with van der Waals surface area (Å²) in [5.74, 6) is 0.219. The molecule has 0 atom stereocenters. The Morgan fingerprint density at radius 3 is 2.67 bits per heavy atom. The molecule has 2 aromatic carbocycles. The van der Waals surface area contributed by atoms with E-state index in [4.69, 9.17) is 34.8 Å². The van der Waals surface area contributed by atoms with Gasteiger partial charge in [0.15, 0.2) is 10.9 Å². The third-order valence-corrected chi connectivity index (χ3v) is 5.32. The fourth-order valence-corrected chi connectivity index (χ4v) is 3.69. The molecule has 0 spiro atoms. The molecule has 1 amide bonds. The quantitative estimate of drug-likeness (QED) is 0.376. The normalized spacial score (nSPS) is 10.7. The lowest BCUT2D eigenvalue weighted by Gasteiger charge is -2.09. The van der Waals surface area contributed by atoms with E-state index in [1.807, 2.05) is 25.1 Å². The molecule has 3 rings (SSSR count). The predicted molar refractivity (Wildman–Crippen MR) is 112 cm³/mol. The van der Waals surface area contributed by atoms with E-state index in [-0.39, 0.29) is 10.7 Å². The molecule has 1 N–H and O–H groups in total. The molecule has 8 heteroatoms. The highest BCUT2D eigenvalue weighted by Gasteiger charge is 2.16. The van der Waals surface area contributed by atoms with Crippen LogP contribution in [0.3, 0.4) is 0 Å². The summed E-state index contributed by atoms with van der Waals surface area (Å²) in [4.78, 5) is 21.0. The van der Waals surface area contributed by atoms with Crippen LogP contribution in [-0.2, 0) is 5.75 Å². The number of aryl methyl sites for hydroxylation is 1. The molecule has 1 aromatic heterocycles. The number of nitrogens with zero attached hydrogens (tertiary/aromatic N) is 2. The second-order valence-electron chi connectivity index (χ2n) is 5.71. The van der Waals surface area contributed by atoms with E-state index in [1.165, 1.54) is 23.5 Å². The third-order valence-electron chi connectivity index (χ3n) is 3.57. The number of halogens is 3. The molecule has 0 bridgehead atoms. The van der Waals surface area contributed by atoms with Gasteiger partial charge in [-0.05, 0) is 30.7 Å². The van der Waals surface area contributed by atoms with E-state index in [0.717, 1.165) is 5.56 Å². The average Bonchev–Trinajstić information content (AvgIpc) is 2.63. The molecule has 4 nitrogen and oxygen atoms in total. The van der Waals surface area contributed by atoms with E-state index >= 15 is 0 Å². The molecular weight excluding hydrogens is 425 g/mol. The molecule has 0 aliphatic carbocycles. The number of thioether (sulfide) groups is 1. The Hall–Kier alpha value is -1.79. The van der Waals surface area contributed by atoms with Crippen molar-refractivity contribution in [2.45, 2.75) is 17.8 Å². The zero-order valence-corrected chi connectivity index (χ0v) is 17.3. The molecule has 0 aliphatic heterocycles. The van der Waals surface area contributed by atoms with Crippen LogP contribution >= 0.6 is 46.6 Å². The summed E-state index contributed by atoms with van der Waals surface area (Å²) >= 11 is 19.5. The van der Waals surface area contributed by atoms with Crippen LogP contribution in [0.25, 0.3) is 0 Å². The van der Waals surface area contributed by atoms with Gasteiger partial charge in [-0.3, -0.25) is 4.79 Å². The lowest BCUT2D eigenvalue weighted by molar-refractivity contribution is 0.102. The highest BCUT2D eigenvalue weighted by atomic mass is 35.5. The Labute approximate surface area is 176 Å². The number of hydrogen-bond acceptors (Lipinski definition) is 4. The Bertz CT molecular complexity index is 998. The number of carbonyl (C=O) groups is 1. The van der Waals surface area contributed by atoms with Crippen molar-refractivity contribution in [2.24, 2.45) is 0 Å². The first kappa shape index (κ1) is 20.0. The zero-order chi connectivity index (χ0) is 19.4. The topological polar surface area (TPSA) is 54.9 Å². The van der Waals surface area contributed by atoms with Crippen molar-refractivity contribution in [3.05, 3.63) is 80.6 Å². The van der Waals surface area contributed by atoms with Crippen molar-refractivity contribution in [3.63, 3.8) is 0 Å². The first-order valence-corrected chi connectivity index (χ1v) is 10.0. The standard InChI is InChI=1S/C19H14Cl3N3OS/c1-11-3-2-4-12(7-11)10-27-19-23-9-15(22)17(25-19)18(26)24-16-6-5-13(20)8-14(16)21/h2-9H,10H2,1H3,(H,24,26). The Balaban J connectivity index is 1.75. The fraction of sp³-hybridized carbons (Fsp3) is 0.105. The lowest BCUT2D eigenvalue weighted by atomic mass is 10.2. The number of carbonyl (C=O) groups excluding carboxylic acids is 1. The Kier molecular flexibility index (Phi) is 6.60. The molecule has 0 saturated heterocycles. The van der Waals surface area contributed by atoms with Gasteiger partial charge in [0.2, 0.25) is 0 Å². The van der Waals surface area contributed by atoms with Crippen LogP contribution in [0.5, 0.6) is 0 Å². The molecule has 27 heavy (non-hydrogen) atoms. The second kappa shape index (κ2) is 8.93. The molecule has 0 fully saturated rings. The van der Waals surface area contributed by atoms with Crippen LogP contribution in [-0.4, -0.2) is 15.9 Å². The highest BCUT2D eigenvalue weighted by Crippen LogP contribution is 2.27. The van der Waals surface area contributed by atoms with Crippen molar-refractivity contribution in [3.8, 4) is 0 Å². The zero-order valence-electron chi connectivity index (χ0n) is 14.2. The SMILES string of the molecule is Cc1cccc(CSc2ncc(Cl)c(C(=O)Nc3ccc(Cl)cc3Cl)n2)c1. The van der Waals surface area contributed by atoms with Gasteiger partial charge in [-0.1, -0.05) is 76.4 Å². The van der Waals surface area contributed by atoms with Crippen molar-refractivity contribution >= 4 is 58.2 Å². The predicted octanol–water partition coefficient (Wildman–Crippen LogP) is 6.29. The number of amides is 1. The van der Waals surface area contributed by atoms with Gasteiger partial charge in [0.25, 0.3) is 5.91 Å². The van der Waals surface area contributed by atoms with E-state index in [9.17, 15) is 4.79 Å². The minimum absolute atomic E-state index is 0.0874. The largest absolute Gasteiger partial charge is 0.319 e. The summed E-state index contributed by atoms with van der Waals surface area (Å²) in [6, 6.07) is 13.0. The molecule has 138 valence electrons. The van der Waals surface area contributed by atoms with E-state index < -0.39 is 5.91 Å². The summed E-state index contributed by atoms with van der Waals surface area (Å²) in [6.45, 7) is 2.04. The van der Waals surface area contributed by atoms with Gasteiger partial charge in [0.05, 0.1) is 21.9 Å². The molecule has 3 aromatic rings. The van der Waals surface area contributed by atoms with Crippen LogP contribution in [0.1, 0.15) is 21.6 Å². The second-order valence-corrected chi connectivity index (χ2v) is 7.90. The molecule has 1 heterocycles. The maximum Gasteiger partial charge on any atom is 0.276 e. The van der Waals surface area contributed by atoms with Gasteiger partial charge in [-0.15, -0.1) is 0 Å². The van der Waals surface area contributed by atoms with Crippen molar-refractivity contribution < 1.29 is 4.79 Å². The summed E-state index contributed by atoms with van der Waals surface area (Å²) in [5.41, 5.74) is 2.85. The van der Waals surface area contributed by atoms with Gasteiger partial charge in [-0.2, -0.15) is 0 Å². The monoisotopic (exact) mass is 437 g/mol. The smallest absolute Gasteiger partial charge is 0.276 e. The number of aromatic nitrogens is 2. The van der Waals surface area contributed by atoms with Crippen molar-refractivity contribution in [2.75, 3.05) is 5.32 Å². The van der Waals surface area contributed by atoms with Crippen LogP contribution in [0.15, 0.2) is 53.8 Å². The average molecular weight is 439 g/mol. The fourth-order valence-electron chi connectivity index (χ4n) is 2.30. The molecule has 0 unspecified atom stereocenters. The number of nitrogens with one attached hydrogen (secondary N) is 1. The summed E-state index contributed by atoms with van der Waals surface area (Å²) in [5, 5.41) is 4.13. The molecular formula is C19H14Cl3N3OS. The summed E-state index contributed by atoms with van der Waals surface area (Å²) in [7, 11) is 0. The van der Waals surface area contributed by atoms with Crippen molar-refractivity contribution in [1.29, 1.82) is 0 Å². The summed E-state index contributed by atoms with van der Waals surface area (Å²) in [6.07, 6.45) is 1.42. The Morgan fingerprint density at radius 2 is 1.93 bits per heavy atom. The molecule has 0 radical (unpaired) electrons. The maximum atomic E-state index is 12.6. The number of anilines is 1. The van der Waals surface area contributed by atoms with Crippen LogP contribution < -0.4 is 5.32 Å². The van der Waals surface area contributed by atoms with Gasteiger partial charge in [0.1, 0.15) is 0 Å². The molecule has 0 saturated carbocycles. The van der Waals surface area contributed by atoms with Gasteiger partial charge < -0.3 is 5.32 Å². The van der Waals surface area contributed by atoms with E-state index in [1.54, 1.807) is 18.2 Å². The van der Waals surface area contributed by atoms with Crippen LogP contribution in [0, 0.1) is 6.92 Å². The lowest BCUT2D eigenvalue weighted by Crippen LogP contribution is -2.15. The third kappa shape index (κ3) is 5.36. The highest BCUT2D eigenvalue weighted by molar-refractivity contribution is 7.98. The number of benzene rings is 2. The minimum atomic E-state index is -0.468. The molecule has 0 aliphatic rings. The maximum absolute atomic E-state index is 12.6. The first-order chi connectivity index (χ1) is 12.9. The van der Waals surface area contributed by atoms with E-state index in [2.05, 4.69) is 21.4 Å². The van der Waals surface area contributed by atoms with Gasteiger partial charge >= 0.3 is 0 Å². The minimum Gasteiger partial charge on any atom is -0.319 e. The number of rotatable bonds is 5.